The first-order valence-electron chi connectivity index (χ1n) is 3.05. The molecule has 0 aliphatic heterocycles. The molecule has 11 heavy (non-hydrogen) atoms. The molecule has 0 aliphatic carbocycles. The molecule has 6 heteroatoms. The van der Waals surface area contributed by atoms with Crippen molar-refractivity contribution >= 4 is 5.97 Å². The Morgan fingerprint density at radius 2 is 1.82 bits per heavy atom. The van der Waals surface area contributed by atoms with Crippen molar-refractivity contribution in [3.8, 4) is 0 Å². The Balaban J connectivity index is 3.75. The van der Waals surface area contributed by atoms with Crippen LogP contribution in [0.5, 0.6) is 0 Å². The molecule has 0 radical (unpaired) electrons. The zero-order valence-corrected chi connectivity index (χ0v) is 5.84. The lowest BCUT2D eigenvalue weighted by atomic mass is 10.1. The predicted octanol–water partition coefficient (Wildman–Crippen LogP) is -2.57. The molecule has 0 rings (SSSR count). The van der Waals surface area contributed by atoms with E-state index in [-0.39, 0.29) is 6.42 Å². The van der Waals surface area contributed by atoms with E-state index in [1.165, 1.54) is 0 Å². The molecule has 0 fully saturated rings. The van der Waals surface area contributed by atoms with Crippen molar-refractivity contribution in [2.75, 3.05) is 0 Å². The summed E-state index contributed by atoms with van der Waals surface area (Å²) in [5.41, 5.74) is 9.87. The summed E-state index contributed by atoms with van der Waals surface area (Å²) in [4.78, 5) is 10.1. The lowest BCUT2D eigenvalue weighted by Crippen LogP contribution is -2.41. The topological polar surface area (TPSA) is 130 Å². The van der Waals surface area contributed by atoms with Crippen LogP contribution < -0.4 is 11.5 Å². The van der Waals surface area contributed by atoms with E-state index in [1.54, 1.807) is 0 Å². The van der Waals surface area contributed by atoms with E-state index in [0.717, 1.165) is 0 Å². The van der Waals surface area contributed by atoms with Crippen LogP contribution >= 0.6 is 0 Å². The number of aliphatic carboxylic acids is 1. The normalized spacial score (nSPS) is 18.9. The van der Waals surface area contributed by atoms with Gasteiger partial charge in [0, 0.05) is 6.42 Å². The summed E-state index contributed by atoms with van der Waals surface area (Å²) in [5, 5.41) is 25.6. The highest BCUT2D eigenvalue weighted by Gasteiger charge is 2.20. The molecule has 0 spiro atoms. The maximum absolute atomic E-state index is 10.1. The SMILES string of the molecule is N[C@@H](C[C@H](O)[C@@H](N)O)C(=O)O. The van der Waals surface area contributed by atoms with Gasteiger partial charge in [-0.05, 0) is 0 Å². The first kappa shape index (κ1) is 10.3. The number of nitrogens with two attached hydrogens (primary N) is 2. The molecule has 0 aromatic heterocycles. The van der Waals surface area contributed by atoms with Gasteiger partial charge in [-0.2, -0.15) is 0 Å². The summed E-state index contributed by atoms with van der Waals surface area (Å²) in [5.74, 6) is -1.23. The molecule has 0 saturated carbocycles. The zero-order valence-electron chi connectivity index (χ0n) is 5.84. The molecule has 6 nitrogen and oxygen atoms in total. The van der Waals surface area contributed by atoms with Crippen molar-refractivity contribution in [2.24, 2.45) is 11.5 Å². The van der Waals surface area contributed by atoms with Gasteiger partial charge in [-0.25, -0.2) is 0 Å². The fraction of sp³-hybridized carbons (Fsp3) is 0.800. The Morgan fingerprint density at radius 3 is 2.09 bits per heavy atom. The van der Waals surface area contributed by atoms with Crippen LogP contribution in [-0.4, -0.2) is 39.7 Å². The van der Waals surface area contributed by atoms with Crippen molar-refractivity contribution in [1.82, 2.24) is 0 Å². The van der Waals surface area contributed by atoms with Gasteiger partial charge in [0.25, 0.3) is 0 Å². The van der Waals surface area contributed by atoms with Crippen LogP contribution in [0, 0.1) is 0 Å². The van der Waals surface area contributed by atoms with Crippen LogP contribution in [0.3, 0.4) is 0 Å². The van der Waals surface area contributed by atoms with E-state index >= 15 is 0 Å². The largest absolute Gasteiger partial charge is 0.480 e. The minimum absolute atomic E-state index is 0.257. The fourth-order valence-corrected chi connectivity index (χ4v) is 0.500. The lowest BCUT2D eigenvalue weighted by molar-refractivity contribution is -0.139. The van der Waals surface area contributed by atoms with Crippen molar-refractivity contribution < 1.29 is 20.1 Å². The second kappa shape index (κ2) is 4.24. The first-order chi connectivity index (χ1) is 4.95. The number of hydrogen-bond acceptors (Lipinski definition) is 5. The molecule has 0 saturated heterocycles. The molecular formula is C5H12N2O4. The molecule has 0 aromatic carbocycles. The van der Waals surface area contributed by atoms with Crippen LogP contribution in [0.2, 0.25) is 0 Å². The quantitative estimate of drug-likeness (QED) is 0.290. The number of rotatable bonds is 4. The van der Waals surface area contributed by atoms with Crippen molar-refractivity contribution in [3.05, 3.63) is 0 Å². The van der Waals surface area contributed by atoms with E-state index in [9.17, 15) is 4.79 Å². The Hall–Kier alpha value is -0.690. The molecule has 7 N–H and O–H groups in total. The molecule has 0 aromatic rings. The van der Waals surface area contributed by atoms with Gasteiger partial charge < -0.3 is 26.8 Å². The van der Waals surface area contributed by atoms with E-state index < -0.39 is 24.3 Å². The average Bonchev–Trinajstić information content (AvgIpc) is 1.87. The molecule has 66 valence electrons. The van der Waals surface area contributed by atoms with E-state index in [4.69, 9.17) is 26.8 Å². The number of carboxylic acids is 1. The van der Waals surface area contributed by atoms with Crippen molar-refractivity contribution in [2.45, 2.75) is 24.8 Å². The maximum Gasteiger partial charge on any atom is 0.320 e. The standard InChI is InChI=1S/C5H12N2O4/c6-2(5(10)11)1-3(8)4(7)9/h2-4,8-9H,1,6-7H2,(H,10,11)/t2-,3-,4-/m0/s1. The third kappa shape index (κ3) is 3.89. The van der Waals surface area contributed by atoms with Gasteiger partial charge in [-0.15, -0.1) is 0 Å². The molecule has 3 atom stereocenters. The van der Waals surface area contributed by atoms with Crippen LogP contribution in [0.4, 0.5) is 0 Å². The number of hydrogen-bond donors (Lipinski definition) is 5. The third-order valence-corrected chi connectivity index (χ3v) is 1.21. The smallest absolute Gasteiger partial charge is 0.320 e. The monoisotopic (exact) mass is 164 g/mol. The lowest BCUT2D eigenvalue weighted by Gasteiger charge is -2.15. The van der Waals surface area contributed by atoms with Crippen LogP contribution in [0.1, 0.15) is 6.42 Å². The minimum atomic E-state index is -1.44. The number of aliphatic hydroxyl groups is 2. The van der Waals surface area contributed by atoms with E-state index in [2.05, 4.69) is 0 Å². The summed E-state index contributed by atoms with van der Waals surface area (Å²) < 4.78 is 0. The summed E-state index contributed by atoms with van der Waals surface area (Å²) in [6.07, 6.45) is -2.99. The van der Waals surface area contributed by atoms with Crippen LogP contribution in [-0.2, 0) is 4.79 Å². The Morgan fingerprint density at radius 1 is 1.36 bits per heavy atom. The molecule has 0 amide bonds. The zero-order chi connectivity index (χ0) is 9.02. The number of carboxylic acid groups (broad SMARTS) is 1. The second-order valence-corrected chi connectivity index (χ2v) is 2.24. The Bertz CT molecular complexity index is 138. The van der Waals surface area contributed by atoms with Gasteiger partial charge >= 0.3 is 5.97 Å². The van der Waals surface area contributed by atoms with Crippen LogP contribution in [0.15, 0.2) is 0 Å². The Labute approximate surface area is 63.4 Å². The highest BCUT2D eigenvalue weighted by molar-refractivity contribution is 5.73. The van der Waals surface area contributed by atoms with Gasteiger partial charge in [-0.3, -0.25) is 4.79 Å². The van der Waals surface area contributed by atoms with Gasteiger partial charge in [0.05, 0.1) is 6.10 Å². The second-order valence-electron chi connectivity index (χ2n) is 2.24. The summed E-state index contributed by atoms with van der Waals surface area (Å²) >= 11 is 0. The first-order valence-corrected chi connectivity index (χ1v) is 3.05. The average molecular weight is 164 g/mol. The molecule has 0 aliphatic rings. The van der Waals surface area contributed by atoms with Crippen LogP contribution in [0.25, 0.3) is 0 Å². The van der Waals surface area contributed by atoms with Gasteiger partial charge in [0.2, 0.25) is 0 Å². The third-order valence-electron chi connectivity index (χ3n) is 1.21. The molecule has 0 unspecified atom stereocenters. The predicted molar refractivity (Wildman–Crippen MR) is 36.4 cm³/mol. The van der Waals surface area contributed by atoms with E-state index in [0.29, 0.717) is 0 Å². The fourth-order valence-electron chi connectivity index (χ4n) is 0.500. The minimum Gasteiger partial charge on any atom is -0.480 e. The maximum atomic E-state index is 10.1. The van der Waals surface area contributed by atoms with Gasteiger partial charge in [0.1, 0.15) is 12.3 Å². The Kier molecular flexibility index (Phi) is 3.98. The number of aliphatic hydroxyl groups excluding tert-OH is 2. The summed E-state index contributed by atoms with van der Waals surface area (Å²) in [6, 6.07) is -1.19. The molecule has 0 bridgehead atoms. The molecule has 0 heterocycles. The summed E-state index contributed by atoms with van der Waals surface area (Å²) in [6.45, 7) is 0. The van der Waals surface area contributed by atoms with Crippen molar-refractivity contribution in [1.29, 1.82) is 0 Å². The van der Waals surface area contributed by atoms with Crippen molar-refractivity contribution in [3.63, 3.8) is 0 Å². The summed E-state index contributed by atoms with van der Waals surface area (Å²) in [7, 11) is 0. The van der Waals surface area contributed by atoms with E-state index in [1.807, 2.05) is 0 Å². The highest BCUT2D eigenvalue weighted by atomic mass is 16.4. The van der Waals surface area contributed by atoms with Gasteiger partial charge in [0.15, 0.2) is 0 Å². The van der Waals surface area contributed by atoms with Gasteiger partial charge in [-0.1, -0.05) is 0 Å². The number of carbonyl (C=O) groups is 1. The highest BCUT2D eigenvalue weighted by Crippen LogP contribution is 1.97. The molecular weight excluding hydrogens is 152 g/mol.